The number of benzene rings is 1. The second kappa shape index (κ2) is 5.73. The molecule has 1 saturated heterocycles. The van der Waals surface area contributed by atoms with Gasteiger partial charge in [-0.2, -0.15) is 0 Å². The van der Waals surface area contributed by atoms with Gasteiger partial charge < -0.3 is 10.1 Å². The monoisotopic (exact) mass is 289 g/mol. The molecule has 1 aromatic carbocycles. The molecular weight excluding hydrogens is 270 g/mol. The molecule has 6 nitrogen and oxygen atoms in total. The number of ether oxygens (including phenoxy) is 1. The standard InChI is InChI=1S/C15H19N3O3/c1-11-14(19)18(15(20)16-11)7-6-17-8-9-21-13-5-3-2-4-12(13)10-17/h2-5,11H,6-10H2,1H3,(H,16,20). The molecule has 1 fully saturated rings. The maximum Gasteiger partial charge on any atom is 0.324 e. The van der Waals surface area contributed by atoms with Crippen LogP contribution in [0.1, 0.15) is 12.5 Å². The van der Waals surface area contributed by atoms with E-state index in [1.54, 1.807) is 6.92 Å². The zero-order valence-corrected chi connectivity index (χ0v) is 12.0. The van der Waals surface area contributed by atoms with Gasteiger partial charge in [-0.3, -0.25) is 14.6 Å². The summed E-state index contributed by atoms with van der Waals surface area (Å²) in [6.45, 7) is 4.95. The maximum atomic E-state index is 11.9. The number of nitrogens with zero attached hydrogens (tertiary/aromatic N) is 2. The van der Waals surface area contributed by atoms with E-state index in [-0.39, 0.29) is 11.9 Å². The highest BCUT2D eigenvalue weighted by atomic mass is 16.5. The Morgan fingerprint density at radius 3 is 2.86 bits per heavy atom. The van der Waals surface area contributed by atoms with E-state index in [2.05, 4.69) is 10.2 Å². The van der Waals surface area contributed by atoms with Crippen molar-refractivity contribution in [2.45, 2.75) is 19.5 Å². The van der Waals surface area contributed by atoms with Gasteiger partial charge in [-0.25, -0.2) is 4.79 Å². The zero-order valence-electron chi connectivity index (χ0n) is 12.0. The SMILES string of the molecule is CC1NC(=O)N(CCN2CCOc3ccccc3C2)C1=O. The van der Waals surface area contributed by atoms with Crippen LogP contribution in [-0.4, -0.2) is 54.0 Å². The Bertz CT molecular complexity index is 561. The number of para-hydroxylation sites is 1. The highest BCUT2D eigenvalue weighted by Gasteiger charge is 2.34. The number of rotatable bonds is 3. The summed E-state index contributed by atoms with van der Waals surface area (Å²) in [5.74, 6) is 0.773. The Labute approximate surface area is 123 Å². The van der Waals surface area contributed by atoms with E-state index >= 15 is 0 Å². The maximum absolute atomic E-state index is 11.9. The molecule has 1 atom stereocenters. The van der Waals surface area contributed by atoms with Crippen molar-refractivity contribution in [3.63, 3.8) is 0 Å². The van der Waals surface area contributed by atoms with E-state index in [1.165, 1.54) is 4.90 Å². The Balaban J connectivity index is 1.61. The van der Waals surface area contributed by atoms with Crippen molar-refractivity contribution in [2.24, 2.45) is 0 Å². The topological polar surface area (TPSA) is 61.9 Å². The zero-order chi connectivity index (χ0) is 14.8. The van der Waals surface area contributed by atoms with Crippen LogP contribution in [0.3, 0.4) is 0 Å². The third-order valence-corrected chi connectivity index (χ3v) is 3.89. The minimum Gasteiger partial charge on any atom is -0.492 e. The van der Waals surface area contributed by atoms with E-state index < -0.39 is 6.04 Å². The second-order valence-electron chi connectivity index (χ2n) is 5.39. The van der Waals surface area contributed by atoms with Gasteiger partial charge in [-0.05, 0) is 13.0 Å². The van der Waals surface area contributed by atoms with Crippen LogP contribution in [0.25, 0.3) is 0 Å². The number of amides is 3. The molecule has 0 bridgehead atoms. The fraction of sp³-hybridized carbons (Fsp3) is 0.467. The normalized spacial score (nSPS) is 22.5. The molecule has 6 heteroatoms. The predicted octanol–water partition coefficient (Wildman–Crippen LogP) is 0.821. The smallest absolute Gasteiger partial charge is 0.324 e. The Morgan fingerprint density at radius 1 is 1.29 bits per heavy atom. The van der Waals surface area contributed by atoms with Crippen LogP contribution < -0.4 is 10.1 Å². The summed E-state index contributed by atoms with van der Waals surface area (Å²) in [7, 11) is 0. The van der Waals surface area contributed by atoms with Crippen molar-refractivity contribution < 1.29 is 14.3 Å². The molecule has 112 valence electrons. The molecule has 3 amide bonds. The van der Waals surface area contributed by atoms with Gasteiger partial charge in [0.1, 0.15) is 18.4 Å². The van der Waals surface area contributed by atoms with Crippen LogP contribution in [0.4, 0.5) is 4.79 Å². The lowest BCUT2D eigenvalue weighted by Gasteiger charge is -2.22. The summed E-state index contributed by atoms with van der Waals surface area (Å²) in [6, 6.07) is 7.26. The number of hydrogen-bond donors (Lipinski definition) is 1. The molecule has 0 aliphatic carbocycles. The molecule has 2 aliphatic rings. The number of carbonyl (C=O) groups is 2. The fourth-order valence-electron chi connectivity index (χ4n) is 2.68. The lowest BCUT2D eigenvalue weighted by atomic mass is 10.2. The van der Waals surface area contributed by atoms with Crippen molar-refractivity contribution in [3.05, 3.63) is 29.8 Å². The van der Waals surface area contributed by atoms with E-state index in [9.17, 15) is 9.59 Å². The quantitative estimate of drug-likeness (QED) is 0.837. The Kier molecular flexibility index (Phi) is 3.79. The minimum atomic E-state index is -0.411. The van der Waals surface area contributed by atoms with Crippen LogP contribution in [0.15, 0.2) is 24.3 Å². The summed E-state index contributed by atoms with van der Waals surface area (Å²) >= 11 is 0. The van der Waals surface area contributed by atoms with Gasteiger partial charge >= 0.3 is 6.03 Å². The number of hydrogen-bond acceptors (Lipinski definition) is 4. The summed E-state index contributed by atoms with van der Waals surface area (Å²) in [5.41, 5.74) is 1.14. The molecule has 0 aromatic heterocycles. The van der Waals surface area contributed by atoms with Crippen molar-refractivity contribution in [1.82, 2.24) is 15.1 Å². The van der Waals surface area contributed by atoms with Crippen LogP contribution in [0, 0.1) is 0 Å². The molecule has 1 aromatic rings. The first-order valence-corrected chi connectivity index (χ1v) is 7.20. The van der Waals surface area contributed by atoms with E-state index in [4.69, 9.17) is 4.74 Å². The van der Waals surface area contributed by atoms with Gasteiger partial charge in [0.2, 0.25) is 0 Å². The van der Waals surface area contributed by atoms with Gasteiger partial charge in [-0.1, -0.05) is 18.2 Å². The van der Waals surface area contributed by atoms with Crippen LogP contribution in [-0.2, 0) is 11.3 Å². The van der Waals surface area contributed by atoms with E-state index in [1.807, 2.05) is 24.3 Å². The third kappa shape index (κ3) is 2.85. The average Bonchev–Trinajstić information content (AvgIpc) is 2.66. The third-order valence-electron chi connectivity index (χ3n) is 3.89. The van der Waals surface area contributed by atoms with E-state index in [0.717, 1.165) is 24.4 Å². The number of urea groups is 1. The summed E-state index contributed by atoms with van der Waals surface area (Å²) < 4.78 is 5.71. The molecule has 0 spiro atoms. The highest BCUT2D eigenvalue weighted by molar-refractivity contribution is 6.03. The first kappa shape index (κ1) is 13.9. The lowest BCUT2D eigenvalue weighted by molar-refractivity contribution is -0.127. The predicted molar refractivity (Wildman–Crippen MR) is 76.9 cm³/mol. The largest absolute Gasteiger partial charge is 0.492 e. The summed E-state index contributed by atoms with van der Waals surface area (Å²) in [4.78, 5) is 27.0. The van der Waals surface area contributed by atoms with Crippen molar-refractivity contribution >= 4 is 11.9 Å². The molecule has 21 heavy (non-hydrogen) atoms. The van der Waals surface area contributed by atoms with Gasteiger partial charge in [-0.15, -0.1) is 0 Å². The number of imide groups is 1. The van der Waals surface area contributed by atoms with Crippen molar-refractivity contribution in [1.29, 1.82) is 0 Å². The van der Waals surface area contributed by atoms with Crippen molar-refractivity contribution in [3.8, 4) is 5.75 Å². The lowest BCUT2D eigenvalue weighted by Crippen LogP contribution is -2.39. The van der Waals surface area contributed by atoms with Gasteiger partial charge in [0, 0.05) is 31.7 Å². The first-order chi connectivity index (χ1) is 10.1. The molecular formula is C15H19N3O3. The van der Waals surface area contributed by atoms with Crippen LogP contribution in [0.5, 0.6) is 5.75 Å². The average molecular weight is 289 g/mol. The molecule has 1 unspecified atom stereocenters. The van der Waals surface area contributed by atoms with Gasteiger partial charge in [0.25, 0.3) is 5.91 Å². The fourth-order valence-corrected chi connectivity index (χ4v) is 2.68. The number of nitrogens with one attached hydrogen (secondary N) is 1. The van der Waals surface area contributed by atoms with Crippen molar-refractivity contribution in [2.75, 3.05) is 26.2 Å². The molecule has 2 heterocycles. The van der Waals surface area contributed by atoms with Gasteiger partial charge in [0.15, 0.2) is 0 Å². The highest BCUT2D eigenvalue weighted by Crippen LogP contribution is 2.22. The summed E-state index contributed by atoms with van der Waals surface area (Å²) in [5, 5.41) is 2.63. The molecule has 1 N–H and O–H groups in total. The van der Waals surface area contributed by atoms with Crippen LogP contribution >= 0.6 is 0 Å². The molecule has 0 saturated carbocycles. The minimum absolute atomic E-state index is 0.147. The Hall–Kier alpha value is -2.08. The van der Waals surface area contributed by atoms with Gasteiger partial charge in [0.05, 0.1) is 0 Å². The van der Waals surface area contributed by atoms with Crippen LogP contribution in [0.2, 0.25) is 0 Å². The second-order valence-corrected chi connectivity index (χ2v) is 5.39. The number of fused-ring (bicyclic) bond motifs is 1. The first-order valence-electron chi connectivity index (χ1n) is 7.20. The molecule has 3 rings (SSSR count). The number of carbonyl (C=O) groups excluding carboxylic acids is 2. The Morgan fingerprint density at radius 2 is 2.10 bits per heavy atom. The molecule has 0 radical (unpaired) electrons. The van der Waals surface area contributed by atoms with E-state index in [0.29, 0.717) is 19.7 Å². The summed E-state index contributed by atoms with van der Waals surface area (Å²) in [6.07, 6.45) is 0. The molecule has 2 aliphatic heterocycles.